The van der Waals surface area contributed by atoms with Crippen LogP contribution in [0.15, 0.2) is 42.5 Å². The smallest absolute Gasteiger partial charge is 0.229 e. The van der Waals surface area contributed by atoms with Gasteiger partial charge in [0.15, 0.2) is 17.3 Å². The Bertz CT molecular complexity index is 987. The number of benzene rings is 2. The summed E-state index contributed by atoms with van der Waals surface area (Å²) in [5, 5.41) is 58.8. The van der Waals surface area contributed by atoms with Gasteiger partial charge in [0.05, 0.1) is 19.3 Å². The molecule has 0 amide bonds. The third-order valence-corrected chi connectivity index (χ3v) is 4.97. The fourth-order valence-corrected chi connectivity index (χ4v) is 3.15. The highest BCUT2D eigenvalue weighted by Crippen LogP contribution is 2.29. The van der Waals surface area contributed by atoms with Gasteiger partial charge in [0.1, 0.15) is 35.9 Å². The van der Waals surface area contributed by atoms with E-state index in [2.05, 4.69) is 0 Å². The van der Waals surface area contributed by atoms with Gasteiger partial charge >= 0.3 is 0 Å². The van der Waals surface area contributed by atoms with Crippen molar-refractivity contribution in [3.8, 4) is 23.0 Å². The summed E-state index contributed by atoms with van der Waals surface area (Å²) in [6.07, 6.45) is -4.58. The van der Waals surface area contributed by atoms with Gasteiger partial charge in [0, 0.05) is 6.07 Å². The lowest BCUT2D eigenvalue weighted by Crippen LogP contribution is -2.60. The molecule has 2 aromatic carbocycles. The minimum absolute atomic E-state index is 0.0202. The number of phenols is 2. The molecule has 1 fully saturated rings. The zero-order valence-electron chi connectivity index (χ0n) is 17.0. The molecule has 1 heterocycles. The largest absolute Gasteiger partial charge is 0.507 e. The summed E-state index contributed by atoms with van der Waals surface area (Å²) in [5.74, 6) is -0.671. The van der Waals surface area contributed by atoms with Crippen molar-refractivity contribution >= 4 is 11.9 Å². The number of allylic oxidation sites excluding steroid dienone is 1. The van der Waals surface area contributed by atoms with Gasteiger partial charge in [-0.3, -0.25) is 4.79 Å². The Morgan fingerprint density at radius 3 is 2.44 bits per heavy atom. The summed E-state index contributed by atoms with van der Waals surface area (Å²) >= 11 is 0. The van der Waals surface area contributed by atoms with Crippen LogP contribution in [0, 0.1) is 0 Å². The molecule has 0 bridgehead atoms. The molecule has 10 heteroatoms. The average Bonchev–Trinajstić information content (AvgIpc) is 2.78. The normalized spacial score (nSPS) is 25.6. The van der Waals surface area contributed by atoms with Gasteiger partial charge in [-0.1, -0.05) is 12.1 Å². The standard InChI is InChI=1S/C22H24O10/c1-30-17-8-11(3-7-15(17)25)2-6-14(24)13-5-4-12(9-16(13)26)31-22-21(29)20(28)19(27)18(10-23)32-22/h2-9,18-23,25-29H,10H2,1H3. The zero-order chi connectivity index (χ0) is 23.4. The molecule has 1 aliphatic heterocycles. The molecular formula is C22H24O10. The van der Waals surface area contributed by atoms with E-state index in [-0.39, 0.29) is 22.8 Å². The lowest BCUT2D eigenvalue weighted by atomic mass is 9.99. The summed E-state index contributed by atoms with van der Waals surface area (Å²) in [7, 11) is 1.40. The Labute approximate surface area is 183 Å². The molecule has 1 saturated heterocycles. The van der Waals surface area contributed by atoms with E-state index in [0.29, 0.717) is 5.56 Å². The van der Waals surface area contributed by atoms with Crippen molar-refractivity contribution in [3.05, 3.63) is 53.6 Å². The Morgan fingerprint density at radius 2 is 1.78 bits per heavy atom. The van der Waals surface area contributed by atoms with E-state index in [0.717, 1.165) is 6.07 Å². The summed E-state index contributed by atoms with van der Waals surface area (Å²) in [6, 6.07) is 8.33. The summed E-state index contributed by atoms with van der Waals surface area (Å²) in [5.41, 5.74) is 0.572. The Hall–Kier alpha value is -3.15. The zero-order valence-corrected chi connectivity index (χ0v) is 17.0. The fourth-order valence-electron chi connectivity index (χ4n) is 3.15. The van der Waals surface area contributed by atoms with Crippen LogP contribution in [0.4, 0.5) is 0 Å². The first kappa shape index (κ1) is 23.5. The van der Waals surface area contributed by atoms with Crippen molar-refractivity contribution in [1.29, 1.82) is 0 Å². The first-order valence-electron chi connectivity index (χ1n) is 9.64. The highest BCUT2D eigenvalue weighted by molar-refractivity contribution is 6.08. The topological polar surface area (TPSA) is 166 Å². The van der Waals surface area contributed by atoms with Gasteiger partial charge < -0.3 is 44.8 Å². The number of methoxy groups -OCH3 is 1. The van der Waals surface area contributed by atoms with Gasteiger partial charge in [-0.15, -0.1) is 0 Å². The number of ether oxygens (including phenoxy) is 3. The van der Waals surface area contributed by atoms with Gasteiger partial charge in [0.25, 0.3) is 0 Å². The second-order valence-electron chi connectivity index (χ2n) is 7.12. The maximum atomic E-state index is 12.5. The van der Waals surface area contributed by atoms with Crippen LogP contribution in [0.3, 0.4) is 0 Å². The SMILES string of the molecule is COc1cc(C=CC(=O)c2ccc(OC3OC(CO)C(O)C(O)C3O)cc2O)ccc1O. The molecule has 10 nitrogen and oxygen atoms in total. The van der Waals surface area contributed by atoms with Crippen LogP contribution >= 0.6 is 0 Å². The van der Waals surface area contributed by atoms with Crippen LogP contribution in [0.2, 0.25) is 0 Å². The molecule has 0 aromatic heterocycles. The van der Waals surface area contributed by atoms with Crippen molar-refractivity contribution in [2.75, 3.05) is 13.7 Å². The van der Waals surface area contributed by atoms with Gasteiger partial charge in [-0.05, 0) is 35.9 Å². The summed E-state index contributed by atoms with van der Waals surface area (Å²) in [4.78, 5) is 12.5. The number of rotatable bonds is 7. The number of aliphatic hydroxyl groups excluding tert-OH is 4. The quantitative estimate of drug-likeness (QED) is 0.254. The predicted octanol–water partition coefficient (Wildman–Crippen LogP) is 0.181. The van der Waals surface area contributed by atoms with E-state index < -0.39 is 48.8 Å². The van der Waals surface area contributed by atoms with Crippen LogP contribution in [0.5, 0.6) is 23.0 Å². The molecule has 5 atom stereocenters. The Balaban J connectivity index is 1.71. The number of aromatic hydroxyl groups is 2. The third kappa shape index (κ3) is 5.01. The number of hydrogen-bond acceptors (Lipinski definition) is 10. The molecule has 0 spiro atoms. The molecule has 2 aromatic rings. The molecule has 3 rings (SSSR count). The average molecular weight is 448 g/mol. The monoisotopic (exact) mass is 448 g/mol. The molecular weight excluding hydrogens is 424 g/mol. The maximum Gasteiger partial charge on any atom is 0.229 e. The van der Waals surface area contributed by atoms with Crippen molar-refractivity contribution in [1.82, 2.24) is 0 Å². The molecule has 0 radical (unpaired) electrons. The van der Waals surface area contributed by atoms with Gasteiger partial charge in [-0.2, -0.15) is 0 Å². The predicted molar refractivity (Wildman–Crippen MR) is 111 cm³/mol. The first-order chi connectivity index (χ1) is 15.2. The summed E-state index contributed by atoms with van der Waals surface area (Å²) in [6.45, 7) is -0.608. The van der Waals surface area contributed by atoms with Gasteiger partial charge in [-0.25, -0.2) is 0 Å². The maximum absolute atomic E-state index is 12.5. The van der Waals surface area contributed by atoms with Crippen LogP contribution in [0.25, 0.3) is 6.08 Å². The number of ketones is 1. The van der Waals surface area contributed by atoms with Crippen LogP contribution in [0.1, 0.15) is 15.9 Å². The third-order valence-electron chi connectivity index (χ3n) is 4.97. The number of phenolic OH excluding ortho intramolecular Hbond substituents is 2. The van der Waals surface area contributed by atoms with E-state index in [1.54, 1.807) is 6.07 Å². The van der Waals surface area contributed by atoms with Crippen molar-refractivity contribution in [3.63, 3.8) is 0 Å². The molecule has 6 N–H and O–H groups in total. The Kier molecular flexibility index (Phi) is 7.33. The first-order valence-corrected chi connectivity index (χ1v) is 9.64. The number of aliphatic hydroxyl groups is 4. The lowest BCUT2D eigenvalue weighted by molar-refractivity contribution is -0.277. The molecule has 172 valence electrons. The van der Waals surface area contributed by atoms with E-state index in [9.17, 15) is 35.4 Å². The Morgan fingerprint density at radius 1 is 1.03 bits per heavy atom. The minimum Gasteiger partial charge on any atom is -0.507 e. The van der Waals surface area contributed by atoms with Crippen molar-refractivity contribution in [2.24, 2.45) is 0 Å². The highest BCUT2D eigenvalue weighted by Gasteiger charge is 2.44. The molecule has 5 unspecified atom stereocenters. The minimum atomic E-state index is -1.61. The van der Waals surface area contributed by atoms with Crippen LogP contribution < -0.4 is 9.47 Å². The van der Waals surface area contributed by atoms with Crippen LogP contribution in [-0.2, 0) is 4.74 Å². The van der Waals surface area contributed by atoms with E-state index in [4.69, 9.17) is 14.2 Å². The van der Waals surface area contributed by atoms with Gasteiger partial charge in [0.2, 0.25) is 6.29 Å². The fraction of sp³-hybridized carbons (Fsp3) is 0.318. The van der Waals surface area contributed by atoms with Crippen LogP contribution in [-0.4, -0.2) is 80.8 Å². The molecule has 1 aliphatic rings. The number of carbonyl (C=O) groups excluding carboxylic acids is 1. The number of hydrogen-bond donors (Lipinski definition) is 6. The second-order valence-corrected chi connectivity index (χ2v) is 7.12. The second kappa shape index (κ2) is 9.98. The van der Waals surface area contributed by atoms with Crippen molar-refractivity contribution in [2.45, 2.75) is 30.7 Å². The summed E-state index contributed by atoms with van der Waals surface area (Å²) < 4.78 is 15.7. The molecule has 0 saturated carbocycles. The lowest BCUT2D eigenvalue weighted by Gasteiger charge is -2.39. The van der Waals surface area contributed by atoms with E-state index in [1.165, 1.54) is 43.5 Å². The van der Waals surface area contributed by atoms with E-state index >= 15 is 0 Å². The number of carbonyl (C=O) groups is 1. The van der Waals surface area contributed by atoms with E-state index in [1.807, 2.05) is 0 Å². The molecule has 32 heavy (non-hydrogen) atoms. The highest BCUT2D eigenvalue weighted by atomic mass is 16.7. The van der Waals surface area contributed by atoms with Crippen molar-refractivity contribution < 1.29 is 49.6 Å². The molecule has 0 aliphatic carbocycles.